The summed E-state index contributed by atoms with van der Waals surface area (Å²) in [4.78, 5) is 28.6. The molecule has 1 aromatic carbocycles. The second kappa shape index (κ2) is 17.7. The van der Waals surface area contributed by atoms with Gasteiger partial charge in [0.2, 0.25) is 0 Å². The summed E-state index contributed by atoms with van der Waals surface area (Å²) in [5.41, 5.74) is 12.7. The van der Waals surface area contributed by atoms with Crippen LogP contribution in [0.4, 0.5) is 0 Å². The number of nitrogens with two attached hydrogens (primary N) is 2. The number of nitrogens with zero attached hydrogens (tertiary/aromatic N) is 1. The average Bonchev–Trinajstić information content (AvgIpc) is 3.40. The van der Waals surface area contributed by atoms with Crippen molar-refractivity contribution >= 4 is 17.5 Å². The van der Waals surface area contributed by atoms with Crippen LogP contribution in [0.1, 0.15) is 102 Å². The number of aliphatic imine (C=N–C) groups is 1. The topological polar surface area (TPSA) is 137 Å². The fourth-order valence-corrected chi connectivity index (χ4v) is 5.30. The summed E-state index contributed by atoms with van der Waals surface area (Å²) >= 11 is 0. The Kier molecular flexibility index (Phi) is 14.6. The minimum absolute atomic E-state index is 0.0302. The second-order valence-corrected chi connectivity index (χ2v) is 10.7. The van der Waals surface area contributed by atoms with E-state index in [4.69, 9.17) is 20.9 Å². The van der Waals surface area contributed by atoms with Gasteiger partial charge in [0.05, 0.1) is 6.10 Å². The lowest BCUT2D eigenvalue weighted by atomic mass is 9.79. The van der Waals surface area contributed by atoms with Gasteiger partial charge in [0.1, 0.15) is 5.78 Å². The number of aromatic hydroxyl groups is 1. The Morgan fingerprint density at radius 2 is 1.92 bits per heavy atom. The minimum atomic E-state index is -0.140. The Labute approximate surface area is 234 Å². The number of benzene rings is 1. The Bertz CT molecular complexity index is 965. The number of phenols is 1. The van der Waals surface area contributed by atoms with Crippen molar-refractivity contribution in [3.8, 4) is 11.5 Å². The Morgan fingerprint density at radius 3 is 2.56 bits per heavy atom. The number of hydrogen-bond acceptors (Lipinski definition) is 6. The van der Waals surface area contributed by atoms with E-state index in [1.807, 2.05) is 18.2 Å². The average molecular weight is 544 g/mol. The van der Waals surface area contributed by atoms with Crippen LogP contribution in [0.2, 0.25) is 0 Å². The largest absolute Gasteiger partial charge is 0.504 e. The number of phenolic OH excluding ortho intramolecular Hbond substituents is 1. The van der Waals surface area contributed by atoms with Crippen LogP contribution in [0.15, 0.2) is 29.3 Å². The molecular weight excluding hydrogens is 494 g/mol. The van der Waals surface area contributed by atoms with E-state index >= 15 is 0 Å². The van der Waals surface area contributed by atoms with E-state index in [9.17, 15) is 14.7 Å². The highest BCUT2D eigenvalue weighted by Gasteiger charge is 2.29. The smallest absolute Gasteiger partial charge is 0.185 e. The van der Waals surface area contributed by atoms with E-state index in [2.05, 4.69) is 11.9 Å². The normalized spacial score (nSPS) is 15.4. The lowest BCUT2D eigenvalue weighted by Gasteiger charge is -2.29. The third-order valence-electron chi connectivity index (χ3n) is 7.36. The van der Waals surface area contributed by atoms with E-state index in [1.54, 1.807) is 20.1 Å². The third kappa shape index (κ3) is 11.8. The van der Waals surface area contributed by atoms with Crippen molar-refractivity contribution in [1.29, 1.82) is 0 Å². The highest BCUT2D eigenvalue weighted by atomic mass is 16.5. The molecule has 0 bridgehead atoms. The number of carbonyl (C=O) groups excluding carboxylic acids is 2. The summed E-state index contributed by atoms with van der Waals surface area (Å²) in [5.74, 6) is 0.721. The first-order valence-electron chi connectivity index (χ1n) is 14.5. The monoisotopic (exact) mass is 543 g/mol. The number of rotatable bonds is 19. The molecule has 0 heterocycles. The van der Waals surface area contributed by atoms with Gasteiger partial charge >= 0.3 is 0 Å². The zero-order valence-electron chi connectivity index (χ0n) is 24.1. The first kappa shape index (κ1) is 32.3. The Hall–Kier alpha value is -2.87. The summed E-state index contributed by atoms with van der Waals surface area (Å²) < 4.78 is 11.9. The summed E-state index contributed by atoms with van der Waals surface area (Å²) in [5, 5.41) is 11.5. The van der Waals surface area contributed by atoms with Gasteiger partial charge in [0.25, 0.3) is 0 Å². The summed E-state index contributed by atoms with van der Waals surface area (Å²) in [6.45, 7) is 4.63. The van der Waals surface area contributed by atoms with Gasteiger partial charge in [-0.1, -0.05) is 25.5 Å². The summed E-state index contributed by atoms with van der Waals surface area (Å²) in [6.07, 6.45) is 13.1. The molecule has 8 nitrogen and oxygen atoms in total. The highest BCUT2D eigenvalue weighted by molar-refractivity contribution is 5.89. The van der Waals surface area contributed by atoms with Crippen molar-refractivity contribution < 1.29 is 24.2 Å². The molecule has 0 saturated heterocycles. The van der Waals surface area contributed by atoms with Crippen LogP contribution in [0.3, 0.4) is 0 Å². The molecule has 1 aliphatic carbocycles. The van der Waals surface area contributed by atoms with E-state index < -0.39 is 0 Å². The van der Waals surface area contributed by atoms with E-state index in [-0.39, 0.29) is 41.2 Å². The predicted octanol–water partition coefficient (Wildman–Crippen LogP) is 5.34. The molecule has 1 fully saturated rings. The summed E-state index contributed by atoms with van der Waals surface area (Å²) in [7, 11) is 1.66. The highest BCUT2D eigenvalue weighted by Crippen LogP contribution is 2.44. The number of ether oxygens (including phenoxy) is 2. The molecule has 0 spiro atoms. The molecule has 218 valence electrons. The lowest BCUT2D eigenvalue weighted by molar-refractivity contribution is -0.117. The maximum atomic E-state index is 12.5. The molecule has 0 radical (unpaired) electrons. The first-order chi connectivity index (χ1) is 18.7. The van der Waals surface area contributed by atoms with Gasteiger partial charge in [-0.3, -0.25) is 9.79 Å². The fourth-order valence-electron chi connectivity index (χ4n) is 5.30. The fraction of sp³-hybridized carbons (Fsp3) is 0.645. The van der Waals surface area contributed by atoms with Crippen LogP contribution in [0.25, 0.3) is 0 Å². The summed E-state index contributed by atoms with van der Waals surface area (Å²) in [6, 6.07) is 3.87. The van der Waals surface area contributed by atoms with Gasteiger partial charge in [-0.2, -0.15) is 0 Å². The maximum absolute atomic E-state index is 12.5. The Balaban J connectivity index is 2.42. The van der Waals surface area contributed by atoms with Crippen molar-refractivity contribution in [3.05, 3.63) is 35.4 Å². The zero-order chi connectivity index (χ0) is 28.6. The minimum Gasteiger partial charge on any atom is -0.504 e. The molecule has 2 unspecified atom stereocenters. The van der Waals surface area contributed by atoms with Gasteiger partial charge < -0.3 is 30.8 Å². The number of unbranched alkanes of at least 4 members (excludes halogenated alkanes) is 1. The van der Waals surface area contributed by atoms with Gasteiger partial charge in [0, 0.05) is 38.7 Å². The standard InChI is InChI=1S/C31H49N3O5/c1-4-5-6-11-25(36)16-15-23-19-28(30(37)29(20-23)39-26-12-7-8-13-26)27(17-14-22(2)35)24(21-38-3)10-9-18-34-31(32)33/h6,11,19-20,24,26-27,37H,4-5,7-10,12-18,21H2,1-3H3,(H4,32,33,34). The van der Waals surface area contributed by atoms with Crippen LogP contribution < -0.4 is 16.2 Å². The van der Waals surface area contributed by atoms with Crippen molar-refractivity contribution in [2.45, 2.75) is 103 Å². The maximum Gasteiger partial charge on any atom is 0.185 e. The molecule has 2 atom stereocenters. The molecule has 39 heavy (non-hydrogen) atoms. The number of carbonyl (C=O) groups is 2. The van der Waals surface area contributed by atoms with Crippen LogP contribution >= 0.6 is 0 Å². The molecule has 0 aromatic heterocycles. The van der Waals surface area contributed by atoms with Crippen molar-refractivity contribution in [2.75, 3.05) is 20.3 Å². The number of methoxy groups -OCH3 is 1. The number of aryl methyl sites for hydroxylation is 1. The molecule has 8 heteroatoms. The molecule has 1 aliphatic rings. The van der Waals surface area contributed by atoms with Crippen LogP contribution in [0.5, 0.6) is 11.5 Å². The SMILES string of the molecule is CCCC=CC(=O)CCc1cc(OC2CCCC2)c(O)c(C(CCC(C)=O)C(CCCN=C(N)N)COC)c1. The molecule has 1 aromatic rings. The van der Waals surface area contributed by atoms with E-state index in [1.165, 1.54) is 0 Å². The van der Waals surface area contributed by atoms with Gasteiger partial charge in [-0.05, 0) is 94.3 Å². The Morgan fingerprint density at radius 1 is 1.18 bits per heavy atom. The molecule has 2 rings (SSSR count). The molecule has 5 N–H and O–H groups in total. The van der Waals surface area contributed by atoms with Gasteiger partial charge in [0.15, 0.2) is 23.2 Å². The molecule has 1 saturated carbocycles. The van der Waals surface area contributed by atoms with E-state index in [0.29, 0.717) is 44.6 Å². The van der Waals surface area contributed by atoms with E-state index in [0.717, 1.165) is 62.5 Å². The number of guanidine groups is 1. The molecular formula is C31H49N3O5. The zero-order valence-corrected chi connectivity index (χ0v) is 24.1. The number of ketones is 2. The molecule has 0 amide bonds. The lowest BCUT2D eigenvalue weighted by Crippen LogP contribution is -2.23. The van der Waals surface area contributed by atoms with Gasteiger partial charge in [-0.25, -0.2) is 0 Å². The first-order valence-corrected chi connectivity index (χ1v) is 14.5. The number of hydrogen-bond donors (Lipinski definition) is 3. The van der Waals surface area contributed by atoms with Crippen LogP contribution in [-0.4, -0.2) is 49.0 Å². The third-order valence-corrected chi connectivity index (χ3v) is 7.36. The van der Waals surface area contributed by atoms with Crippen molar-refractivity contribution in [3.63, 3.8) is 0 Å². The van der Waals surface area contributed by atoms with Crippen molar-refractivity contribution in [1.82, 2.24) is 0 Å². The van der Waals surface area contributed by atoms with Crippen molar-refractivity contribution in [2.24, 2.45) is 22.4 Å². The predicted molar refractivity (Wildman–Crippen MR) is 156 cm³/mol. The second-order valence-electron chi connectivity index (χ2n) is 10.7. The van der Waals surface area contributed by atoms with Crippen LogP contribution in [-0.2, 0) is 20.7 Å². The quantitative estimate of drug-likeness (QED) is 0.0927. The van der Waals surface area contributed by atoms with Gasteiger partial charge in [-0.15, -0.1) is 0 Å². The molecule has 0 aliphatic heterocycles. The number of allylic oxidation sites excluding steroid dienone is 2. The number of Topliss-reactive ketones (excluding diaryl/α,β-unsaturated/α-hetero) is 1. The van der Waals surface area contributed by atoms with Crippen LogP contribution in [0, 0.1) is 5.92 Å².